The largest absolute Gasteiger partial charge is 0.481 e. The number of benzene rings is 2. The van der Waals surface area contributed by atoms with Gasteiger partial charge in [-0.05, 0) is 23.3 Å². The molecule has 3 aromatic rings. The fourth-order valence-electron chi connectivity index (χ4n) is 4.90. The number of aliphatic carboxylic acids is 1. The van der Waals surface area contributed by atoms with Crippen LogP contribution in [0.1, 0.15) is 22.7 Å². The van der Waals surface area contributed by atoms with E-state index in [9.17, 15) is 19.8 Å². The van der Waals surface area contributed by atoms with Crippen LogP contribution in [0.4, 0.5) is 0 Å². The van der Waals surface area contributed by atoms with Crippen LogP contribution in [-0.4, -0.2) is 31.7 Å². The number of nitrogens with zero attached hydrogens (tertiary/aromatic N) is 2. The Hall–Kier alpha value is -2.97. The van der Waals surface area contributed by atoms with Crippen LogP contribution < -0.4 is 4.74 Å². The molecule has 5 rings (SSSR count). The molecule has 152 valence electrons. The zero-order chi connectivity index (χ0) is 21.3. The second kappa shape index (κ2) is 6.26. The van der Waals surface area contributed by atoms with Crippen molar-refractivity contribution in [2.45, 2.75) is 17.1 Å². The van der Waals surface area contributed by atoms with E-state index < -0.39 is 34.8 Å². The maximum atomic E-state index is 13.6. The molecule has 30 heavy (non-hydrogen) atoms. The van der Waals surface area contributed by atoms with E-state index in [-0.39, 0.29) is 11.4 Å². The van der Waals surface area contributed by atoms with Crippen molar-refractivity contribution in [2.24, 2.45) is 13.0 Å². The number of carbonyl (C=O) groups excluding carboxylic acids is 1. The first kappa shape index (κ1) is 19.0. The number of fused-ring (bicyclic) bond motifs is 3. The number of ether oxygens (including phenoxy) is 1. The van der Waals surface area contributed by atoms with Crippen LogP contribution in [-0.2, 0) is 27.8 Å². The van der Waals surface area contributed by atoms with Gasteiger partial charge in [-0.15, -0.1) is 0 Å². The number of carboxylic acid groups (broad SMARTS) is 1. The zero-order valence-corrected chi connectivity index (χ0v) is 17.4. The second-order valence-electron chi connectivity index (χ2n) is 7.64. The van der Waals surface area contributed by atoms with Gasteiger partial charge in [0.25, 0.3) is 0 Å². The summed E-state index contributed by atoms with van der Waals surface area (Å²) in [6, 6.07) is 15.8. The molecule has 1 aromatic heterocycles. The van der Waals surface area contributed by atoms with Crippen LogP contribution in [0.15, 0.2) is 65.3 Å². The molecule has 1 saturated carbocycles. The molecule has 2 aliphatic rings. The minimum atomic E-state index is -2.25. The molecule has 1 aliphatic carbocycles. The molecule has 0 radical (unpaired) electrons. The van der Waals surface area contributed by atoms with E-state index in [0.29, 0.717) is 11.1 Å². The quantitative estimate of drug-likeness (QED) is 0.573. The van der Waals surface area contributed by atoms with Crippen molar-refractivity contribution in [1.29, 1.82) is 0 Å². The predicted molar refractivity (Wildman–Crippen MR) is 109 cm³/mol. The third-order valence-electron chi connectivity index (χ3n) is 6.05. The first-order valence-corrected chi connectivity index (χ1v) is 10.1. The van der Waals surface area contributed by atoms with Crippen molar-refractivity contribution in [2.75, 3.05) is 0 Å². The predicted octanol–water partition coefficient (Wildman–Crippen LogP) is 2.73. The molecule has 1 aliphatic heterocycles. The summed E-state index contributed by atoms with van der Waals surface area (Å²) in [4.78, 5) is 25.9. The number of hydrogen-bond acceptors (Lipinski definition) is 5. The van der Waals surface area contributed by atoms with E-state index >= 15 is 0 Å². The standard InChI is InChI=1S/C22H17BrN2O5/c1-25-11-15-18(24-25)21(29)19(26)16(20(27)28)17(12-5-3-2-4-6-12)22(21,30-15)13-7-9-14(23)10-8-13/h2-11,16-17,29H,1H3,(H,27,28)/t16-,17-,21+,22+/m1/s1. The summed E-state index contributed by atoms with van der Waals surface area (Å²) in [5.74, 6) is -4.34. The molecule has 0 saturated heterocycles. The third kappa shape index (κ3) is 2.20. The number of halogens is 1. The van der Waals surface area contributed by atoms with Gasteiger partial charge in [0.2, 0.25) is 5.60 Å². The van der Waals surface area contributed by atoms with Gasteiger partial charge in [-0.3, -0.25) is 14.3 Å². The van der Waals surface area contributed by atoms with Crippen LogP contribution in [0.5, 0.6) is 5.75 Å². The number of aromatic nitrogens is 2. The molecule has 1 fully saturated rings. The highest BCUT2D eigenvalue weighted by molar-refractivity contribution is 9.10. The summed E-state index contributed by atoms with van der Waals surface area (Å²) in [7, 11) is 1.65. The van der Waals surface area contributed by atoms with Gasteiger partial charge in [-0.25, -0.2) is 0 Å². The topological polar surface area (TPSA) is 102 Å². The summed E-state index contributed by atoms with van der Waals surface area (Å²) in [5, 5.41) is 26.3. The minimum Gasteiger partial charge on any atom is -0.481 e. The average molecular weight is 469 g/mol. The molecular formula is C22H17BrN2O5. The number of rotatable bonds is 3. The van der Waals surface area contributed by atoms with Gasteiger partial charge in [0.05, 0.1) is 12.1 Å². The maximum Gasteiger partial charge on any atom is 0.314 e. The summed E-state index contributed by atoms with van der Waals surface area (Å²) in [5.41, 5.74) is -2.78. The molecule has 2 heterocycles. The maximum absolute atomic E-state index is 13.6. The Kier molecular flexibility index (Phi) is 3.97. The number of aryl methyl sites for hydroxylation is 1. The number of ketones is 1. The van der Waals surface area contributed by atoms with Gasteiger partial charge >= 0.3 is 5.97 Å². The van der Waals surface area contributed by atoms with Crippen molar-refractivity contribution in [3.8, 4) is 5.75 Å². The van der Waals surface area contributed by atoms with E-state index in [4.69, 9.17) is 4.74 Å². The van der Waals surface area contributed by atoms with Crippen molar-refractivity contribution in [3.05, 3.63) is 82.1 Å². The number of carboxylic acids is 1. The van der Waals surface area contributed by atoms with E-state index in [0.717, 1.165) is 4.47 Å². The fourth-order valence-corrected chi connectivity index (χ4v) is 5.17. The first-order valence-electron chi connectivity index (χ1n) is 9.34. The molecule has 4 atom stereocenters. The Balaban J connectivity index is 1.87. The lowest BCUT2D eigenvalue weighted by Crippen LogP contribution is -2.51. The van der Waals surface area contributed by atoms with Crippen LogP contribution in [0.2, 0.25) is 0 Å². The van der Waals surface area contributed by atoms with Gasteiger partial charge in [0.1, 0.15) is 11.6 Å². The molecule has 0 amide bonds. The molecule has 0 spiro atoms. The molecule has 7 nitrogen and oxygen atoms in total. The fraction of sp³-hybridized carbons (Fsp3) is 0.227. The van der Waals surface area contributed by atoms with Gasteiger partial charge < -0.3 is 14.9 Å². The summed E-state index contributed by atoms with van der Waals surface area (Å²) in [6.07, 6.45) is 1.58. The number of aliphatic hydroxyl groups is 1. The Morgan fingerprint density at radius 2 is 1.83 bits per heavy atom. The monoisotopic (exact) mass is 468 g/mol. The van der Waals surface area contributed by atoms with E-state index in [1.54, 1.807) is 67.8 Å². The SMILES string of the molecule is Cn1cc2c(n1)[C@]1(O)C(=O)[C@H](C(=O)O)[C@@H](c3ccccc3)[C@]1(c1ccc(Br)cc1)O2. The lowest BCUT2D eigenvalue weighted by atomic mass is 9.72. The van der Waals surface area contributed by atoms with Crippen LogP contribution in [0, 0.1) is 5.92 Å². The Morgan fingerprint density at radius 3 is 2.47 bits per heavy atom. The van der Waals surface area contributed by atoms with Crippen molar-refractivity contribution < 1.29 is 24.5 Å². The summed E-state index contributed by atoms with van der Waals surface area (Å²) in [6.45, 7) is 0. The molecule has 8 heteroatoms. The van der Waals surface area contributed by atoms with Crippen molar-refractivity contribution in [3.63, 3.8) is 0 Å². The first-order chi connectivity index (χ1) is 14.3. The normalized spacial score (nSPS) is 29.4. The highest BCUT2D eigenvalue weighted by Gasteiger charge is 2.79. The Labute approximate surface area is 180 Å². The van der Waals surface area contributed by atoms with E-state index in [1.165, 1.54) is 4.68 Å². The lowest BCUT2D eigenvalue weighted by Gasteiger charge is -2.39. The van der Waals surface area contributed by atoms with Crippen LogP contribution >= 0.6 is 15.9 Å². The summed E-state index contributed by atoms with van der Waals surface area (Å²) >= 11 is 3.40. The highest BCUT2D eigenvalue weighted by atomic mass is 79.9. The molecule has 0 unspecified atom stereocenters. The lowest BCUT2D eigenvalue weighted by molar-refractivity contribution is -0.155. The van der Waals surface area contributed by atoms with E-state index in [2.05, 4.69) is 21.0 Å². The van der Waals surface area contributed by atoms with Crippen LogP contribution in [0.3, 0.4) is 0 Å². The van der Waals surface area contributed by atoms with E-state index in [1.807, 2.05) is 0 Å². The molecule has 2 aromatic carbocycles. The number of Topliss-reactive ketones (excluding diaryl/α,β-unsaturated/α-hetero) is 1. The Morgan fingerprint density at radius 1 is 1.17 bits per heavy atom. The number of carbonyl (C=O) groups is 2. The average Bonchev–Trinajstić information content (AvgIpc) is 3.27. The molecular weight excluding hydrogens is 452 g/mol. The smallest absolute Gasteiger partial charge is 0.314 e. The molecule has 2 N–H and O–H groups in total. The van der Waals surface area contributed by atoms with Crippen molar-refractivity contribution in [1.82, 2.24) is 9.78 Å². The highest BCUT2D eigenvalue weighted by Crippen LogP contribution is 2.66. The number of hydrogen-bond donors (Lipinski definition) is 2. The third-order valence-corrected chi connectivity index (χ3v) is 6.58. The van der Waals surface area contributed by atoms with Gasteiger partial charge in [0.15, 0.2) is 17.1 Å². The summed E-state index contributed by atoms with van der Waals surface area (Å²) < 4.78 is 8.59. The second-order valence-corrected chi connectivity index (χ2v) is 8.55. The van der Waals surface area contributed by atoms with Gasteiger partial charge in [-0.1, -0.05) is 58.4 Å². The molecule has 0 bridgehead atoms. The zero-order valence-electron chi connectivity index (χ0n) is 15.8. The van der Waals surface area contributed by atoms with Crippen LogP contribution in [0.25, 0.3) is 0 Å². The van der Waals surface area contributed by atoms with Gasteiger partial charge in [0, 0.05) is 11.5 Å². The minimum absolute atomic E-state index is 0.0441. The van der Waals surface area contributed by atoms with Gasteiger partial charge in [-0.2, -0.15) is 5.10 Å². The Bertz CT molecular complexity index is 1180. The van der Waals surface area contributed by atoms with Crippen molar-refractivity contribution >= 4 is 27.7 Å².